The van der Waals surface area contributed by atoms with Crippen LogP contribution in [-0.4, -0.2) is 80.1 Å². The number of carboxylic acids is 1. The number of unbranched alkanes of at least 4 members (excludes halogenated alkanes) is 4. The quantitative estimate of drug-likeness (QED) is 0.320. The minimum Gasteiger partial charge on any atom is -0.481 e. The number of rotatable bonds is 13. The number of hydrogen-bond acceptors (Lipinski definition) is 5. The molecule has 0 aromatic rings. The van der Waals surface area contributed by atoms with Crippen molar-refractivity contribution in [3.63, 3.8) is 0 Å². The average molecular weight is 467 g/mol. The number of aliphatic hydroxyl groups is 1. The summed E-state index contributed by atoms with van der Waals surface area (Å²) in [7, 11) is 0. The van der Waals surface area contributed by atoms with Crippen LogP contribution in [0.4, 0.5) is 0 Å². The van der Waals surface area contributed by atoms with Crippen LogP contribution in [0.15, 0.2) is 12.7 Å². The highest BCUT2D eigenvalue weighted by Gasteiger charge is 2.76. The van der Waals surface area contributed by atoms with Crippen molar-refractivity contribution < 1.29 is 24.6 Å². The Labute approximate surface area is 195 Å². The molecule has 2 bridgehead atoms. The molecule has 3 saturated heterocycles. The highest BCUT2D eigenvalue weighted by atomic mass is 32.2. The number of hydrogen-bond donors (Lipinski definition) is 2. The summed E-state index contributed by atoms with van der Waals surface area (Å²) in [4.78, 5) is 43.3. The first-order valence-electron chi connectivity index (χ1n) is 12.1. The van der Waals surface area contributed by atoms with Crippen LogP contribution >= 0.6 is 11.8 Å². The maximum absolute atomic E-state index is 14.0. The zero-order valence-corrected chi connectivity index (χ0v) is 20.2. The second kappa shape index (κ2) is 10.6. The van der Waals surface area contributed by atoms with Crippen LogP contribution in [0.1, 0.15) is 58.8 Å². The molecule has 0 aromatic carbocycles. The SMILES string of the molecule is C=CCN(CCCC)C(=O)C1N(CCCCCCO)C(=O)[C@@H]2[C@H](C(=O)O)[C@@H]3CC(C)C12S3. The average Bonchev–Trinajstić information content (AvgIpc) is 3.34. The molecule has 7 nitrogen and oxygen atoms in total. The van der Waals surface area contributed by atoms with Crippen LogP contribution in [0.25, 0.3) is 0 Å². The van der Waals surface area contributed by atoms with Gasteiger partial charge in [0.25, 0.3) is 0 Å². The van der Waals surface area contributed by atoms with Crippen molar-refractivity contribution in [1.82, 2.24) is 9.80 Å². The maximum atomic E-state index is 14.0. The van der Waals surface area contributed by atoms with E-state index >= 15 is 0 Å². The molecule has 0 saturated carbocycles. The zero-order chi connectivity index (χ0) is 23.5. The lowest BCUT2D eigenvalue weighted by molar-refractivity contribution is -0.149. The predicted molar refractivity (Wildman–Crippen MR) is 125 cm³/mol. The summed E-state index contributed by atoms with van der Waals surface area (Å²) in [5.74, 6) is -2.39. The normalized spacial score (nSPS) is 32.9. The van der Waals surface area contributed by atoms with Crippen molar-refractivity contribution in [1.29, 1.82) is 0 Å². The molecule has 3 aliphatic rings. The number of carbonyl (C=O) groups is 3. The van der Waals surface area contributed by atoms with Crippen LogP contribution in [0, 0.1) is 17.8 Å². The molecule has 0 radical (unpaired) electrons. The maximum Gasteiger partial charge on any atom is 0.308 e. The van der Waals surface area contributed by atoms with E-state index in [1.165, 1.54) is 0 Å². The van der Waals surface area contributed by atoms with Gasteiger partial charge in [0.2, 0.25) is 11.8 Å². The van der Waals surface area contributed by atoms with Gasteiger partial charge in [-0.1, -0.05) is 39.2 Å². The molecule has 0 aliphatic carbocycles. The summed E-state index contributed by atoms with van der Waals surface area (Å²) in [5.41, 5.74) is 0. The molecule has 0 aromatic heterocycles. The molecule has 3 unspecified atom stereocenters. The fraction of sp³-hybridized carbons (Fsp3) is 0.792. The van der Waals surface area contributed by atoms with Gasteiger partial charge >= 0.3 is 5.97 Å². The number of carboxylic acid groups (broad SMARTS) is 1. The monoisotopic (exact) mass is 466 g/mol. The number of thioether (sulfide) groups is 1. The fourth-order valence-corrected chi connectivity index (χ4v) is 8.45. The first-order chi connectivity index (χ1) is 15.3. The van der Waals surface area contributed by atoms with Gasteiger partial charge in [-0.3, -0.25) is 14.4 Å². The number of fused-ring (bicyclic) bond motifs is 1. The number of nitrogens with zero attached hydrogens (tertiary/aromatic N) is 2. The van der Waals surface area contributed by atoms with Crippen LogP contribution in [0.5, 0.6) is 0 Å². The topological polar surface area (TPSA) is 98.2 Å². The van der Waals surface area contributed by atoms with E-state index in [2.05, 4.69) is 20.4 Å². The zero-order valence-electron chi connectivity index (χ0n) is 19.4. The fourth-order valence-electron chi connectivity index (χ4n) is 6.04. The Morgan fingerprint density at radius 3 is 2.62 bits per heavy atom. The lowest BCUT2D eigenvalue weighted by atomic mass is 9.66. The van der Waals surface area contributed by atoms with Gasteiger partial charge in [0, 0.05) is 31.5 Å². The Balaban J connectivity index is 1.94. The first-order valence-corrected chi connectivity index (χ1v) is 12.9. The molecule has 8 heteroatoms. The van der Waals surface area contributed by atoms with E-state index in [0.717, 1.165) is 44.9 Å². The highest BCUT2D eigenvalue weighted by Crippen LogP contribution is 2.68. The second-order valence-corrected chi connectivity index (χ2v) is 11.0. The number of aliphatic hydroxyl groups excluding tert-OH is 1. The molecule has 3 heterocycles. The van der Waals surface area contributed by atoms with Gasteiger partial charge in [-0.05, 0) is 31.6 Å². The summed E-state index contributed by atoms with van der Waals surface area (Å²) in [6.45, 7) is 9.63. The standard InChI is InChI=1S/C24H38N2O5S/c1-4-6-12-25(11-5-2)22(29)20-24-16(3)15-17(32-24)18(23(30)31)19(24)21(28)26(20)13-9-7-8-10-14-27/h5,16-20,27H,2,4,6-15H2,1,3H3,(H,30,31)/t16?,17-,18+,19-,20?,24?/m0/s1. The van der Waals surface area contributed by atoms with Gasteiger partial charge < -0.3 is 20.0 Å². The van der Waals surface area contributed by atoms with E-state index in [-0.39, 0.29) is 29.6 Å². The molecule has 3 rings (SSSR count). The third-order valence-corrected chi connectivity index (χ3v) is 9.59. The smallest absolute Gasteiger partial charge is 0.308 e. The summed E-state index contributed by atoms with van der Waals surface area (Å²) in [6, 6.07) is -0.621. The van der Waals surface area contributed by atoms with Crippen LogP contribution in [0.3, 0.4) is 0 Å². The van der Waals surface area contributed by atoms with E-state index in [9.17, 15) is 19.5 Å². The third-order valence-electron chi connectivity index (χ3n) is 7.51. The molecule has 2 amide bonds. The van der Waals surface area contributed by atoms with E-state index in [4.69, 9.17) is 5.11 Å². The summed E-state index contributed by atoms with van der Waals surface area (Å²) >= 11 is 1.59. The Morgan fingerprint density at radius 2 is 2.00 bits per heavy atom. The second-order valence-electron chi connectivity index (χ2n) is 9.49. The Morgan fingerprint density at radius 1 is 1.28 bits per heavy atom. The number of amides is 2. The Bertz CT molecular complexity index is 731. The predicted octanol–water partition coefficient (Wildman–Crippen LogP) is 2.78. The summed E-state index contributed by atoms with van der Waals surface area (Å²) in [6.07, 6.45) is 7.50. The van der Waals surface area contributed by atoms with E-state index in [1.807, 2.05) is 0 Å². The van der Waals surface area contributed by atoms with Gasteiger partial charge in [-0.25, -0.2) is 0 Å². The third kappa shape index (κ3) is 4.20. The van der Waals surface area contributed by atoms with Crippen molar-refractivity contribution in [3.05, 3.63) is 12.7 Å². The molecule has 180 valence electrons. The van der Waals surface area contributed by atoms with Gasteiger partial charge in [0.1, 0.15) is 6.04 Å². The number of aliphatic carboxylic acids is 1. The van der Waals surface area contributed by atoms with Gasteiger partial charge in [0.15, 0.2) is 0 Å². The van der Waals surface area contributed by atoms with Crippen molar-refractivity contribution in [2.24, 2.45) is 17.8 Å². The molecule has 6 atom stereocenters. The van der Waals surface area contributed by atoms with E-state index in [0.29, 0.717) is 19.6 Å². The van der Waals surface area contributed by atoms with E-state index < -0.39 is 28.6 Å². The minimum atomic E-state index is -0.917. The number of carbonyl (C=O) groups excluding carboxylic acids is 2. The highest BCUT2D eigenvalue weighted by molar-refractivity contribution is 8.02. The first kappa shape index (κ1) is 25.1. The molecule has 2 N–H and O–H groups in total. The largest absolute Gasteiger partial charge is 0.481 e. The van der Waals surface area contributed by atoms with Crippen LogP contribution < -0.4 is 0 Å². The van der Waals surface area contributed by atoms with Crippen molar-refractivity contribution in [3.8, 4) is 0 Å². The van der Waals surface area contributed by atoms with Crippen LogP contribution in [-0.2, 0) is 14.4 Å². The van der Waals surface area contributed by atoms with Crippen molar-refractivity contribution in [2.45, 2.75) is 74.8 Å². The van der Waals surface area contributed by atoms with Crippen LogP contribution in [0.2, 0.25) is 0 Å². The Hall–Kier alpha value is -1.54. The van der Waals surface area contributed by atoms with E-state index in [1.54, 1.807) is 27.6 Å². The van der Waals surface area contributed by atoms with Gasteiger partial charge in [-0.15, -0.1) is 18.3 Å². The summed E-state index contributed by atoms with van der Waals surface area (Å²) in [5, 5.41) is 18.9. The molecule has 32 heavy (non-hydrogen) atoms. The minimum absolute atomic E-state index is 0.0596. The molecular formula is C24H38N2O5S. The lowest BCUT2D eigenvalue weighted by Crippen LogP contribution is -2.57. The van der Waals surface area contributed by atoms with Gasteiger partial charge in [-0.2, -0.15) is 0 Å². The summed E-state index contributed by atoms with van der Waals surface area (Å²) < 4.78 is -0.668. The molecule has 3 fully saturated rings. The molecule has 1 spiro atoms. The Kier molecular flexibility index (Phi) is 8.31. The van der Waals surface area contributed by atoms with Gasteiger partial charge in [0.05, 0.1) is 16.6 Å². The molecule has 3 aliphatic heterocycles. The van der Waals surface area contributed by atoms with Crippen molar-refractivity contribution in [2.75, 3.05) is 26.2 Å². The van der Waals surface area contributed by atoms with Crippen molar-refractivity contribution >= 4 is 29.5 Å². The number of likely N-dealkylation sites (tertiary alicyclic amines) is 1. The lowest BCUT2D eigenvalue weighted by Gasteiger charge is -2.40. The molecular weight excluding hydrogens is 428 g/mol.